The molecule has 0 saturated heterocycles. The van der Waals surface area contributed by atoms with Crippen molar-refractivity contribution < 1.29 is 9.13 Å². The lowest BCUT2D eigenvalue weighted by molar-refractivity contribution is 0.122. The lowest BCUT2D eigenvalue weighted by Crippen LogP contribution is -2.32. The van der Waals surface area contributed by atoms with Crippen LogP contribution in [0.15, 0.2) is 18.2 Å². The lowest BCUT2D eigenvalue weighted by Gasteiger charge is -2.17. The van der Waals surface area contributed by atoms with Gasteiger partial charge >= 0.3 is 0 Å². The van der Waals surface area contributed by atoms with Crippen LogP contribution in [-0.2, 0) is 4.74 Å². The molecule has 1 unspecified atom stereocenters. The molecule has 0 heterocycles. The maximum absolute atomic E-state index is 13.6. The minimum absolute atomic E-state index is 0.0873. The van der Waals surface area contributed by atoms with Crippen molar-refractivity contribution in [2.45, 2.75) is 13.0 Å². The van der Waals surface area contributed by atoms with Crippen LogP contribution in [-0.4, -0.2) is 13.2 Å². The predicted molar refractivity (Wildman–Crippen MR) is 58.0 cm³/mol. The van der Waals surface area contributed by atoms with Crippen molar-refractivity contribution in [1.82, 2.24) is 5.43 Å². The fourth-order valence-corrected chi connectivity index (χ4v) is 1.43. The topological polar surface area (TPSA) is 47.3 Å². The van der Waals surface area contributed by atoms with E-state index in [1.165, 1.54) is 6.07 Å². The first-order valence-electron chi connectivity index (χ1n) is 4.68. The summed E-state index contributed by atoms with van der Waals surface area (Å²) in [5.74, 6) is 4.87. The van der Waals surface area contributed by atoms with Gasteiger partial charge in [0.25, 0.3) is 0 Å². The van der Waals surface area contributed by atoms with Crippen LogP contribution < -0.4 is 11.3 Å². The summed E-state index contributed by atoms with van der Waals surface area (Å²) in [5, 5.41) is 0.0873. The number of hydrogen-bond donors (Lipinski definition) is 2. The molecule has 3 N–H and O–H groups in total. The SMILES string of the molecule is CCOCC(NN)c1cccc(Cl)c1F. The first-order chi connectivity index (χ1) is 7.20. The van der Waals surface area contributed by atoms with Crippen LogP contribution in [0.1, 0.15) is 18.5 Å². The molecule has 0 fully saturated rings. The molecule has 1 atom stereocenters. The molecule has 5 heteroatoms. The first-order valence-corrected chi connectivity index (χ1v) is 5.06. The Hall–Kier alpha value is -0.680. The number of rotatable bonds is 5. The van der Waals surface area contributed by atoms with E-state index >= 15 is 0 Å². The van der Waals surface area contributed by atoms with Gasteiger partial charge in [0.05, 0.1) is 17.7 Å². The van der Waals surface area contributed by atoms with Gasteiger partial charge in [-0.3, -0.25) is 11.3 Å². The van der Waals surface area contributed by atoms with Crippen molar-refractivity contribution in [3.8, 4) is 0 Å². The molecule has 0 radical (unpaired) electrons. The lowest BCUT2D eigenvalue weighted by atomic mass is 10.1. The number of nitrogens with two attached hydrogens (primary N) is 1. The van der Waals surface area contributed by atoms with E-state index < -0.39 is 5.82 Å². The van der Waals surface area contributed by atoms with Crippen molar-refractivity contribution in [3.05, 3.63) is 34.6 Å². The van der Waals surface area contributed by atoms with Crippen molar-refractivity contribution in [2.24, 2.45) is 5.84 Å². The molecular weight excluding hydrogens is 219 g/mol. The summed E-state index contributed by atoms with van der Waals surface area (Å²) in [6.07, 6.45) is 0. The molecular formula is C10H14ClFN2O. The highest BCUT2D eigenvalue weighted by Crippen LogP contribution is 2.23. The second-order valence-corrected chi connectivity index (χ2v) is 3.43. The zero-order valence-corrected chi connectivity index (χ0v) is 9.22. The van der Waals surface area contributed by atoms with Gasteiger partial charge in [-0.05, 0) is 13.0 Å². The van der Waals surface area contributed by atoms with Gasteiger partial charge in [0, 0.05) is 12.2 Å². The number of benzene rings is 1. The Morgan fingerprint density at radius 1 is 1.60 bits per heavy atom. The molecule has 1 aromatic rings. The average molecular weight is 233 g/mol. The number of hydrazine groups is 1. The highest BCUT2D eigenvalue weighted by molar-refractivity contribution is 6.30. The maximum atomic E-state index is 13.6. The third-order valence-electron chi connectivity index (χ3n) is 2.05. The molecule has 0 aliphatic rings. The van der Waals surface area contributed by atoms with E-state index in [4.69, 9.17) is 22.2 Å². The molecule has 0 spiro atoms. The predicted octanol–water partition coefficient (Wildman–Crippen LogP) is 2.02. The molecule has 0 saturated carbocycles. The van der Waals surface area contributed by atoms with Crippen LogP contribution in [0.5, 0.6) is 0 Å². The Bertz CT molecular complexity index is 322. The minimum Gasteiger partial charge on any atom is -0.380 e. The quantitative estimate of drug-likeness (QED) is 0.603. The first kappa shape index (κ1) is 12.4. The Morgan fingerprint density at radius 2 is 2.33 bits per heavy atom. The second kappa shape index (κ2) is 6.02. The van der Waals surface area contributed by atoms with Gasteiger partial charge in [0.1, 0.15) is 5.82 Å². The monoisotopic (exact) mass is 232 g/mol. The van der Waals surface area contributed by atoms with Crippen LogP contribution in [0.25, 0.3) is 0 Å². The zero-order chi connectivity index (χ0) is 11.3. The van der Waals surface area contributed by atoms with E-state index in [9.17, 15) is 4.39 Å². The Balaban J connectivity index is 2.86. The van der Waals surface area contributed by atoms with Crippen molar-refractivity contribution >= 4 is 11.6 Å². The van der Waals surface area contributed by atoms with Crippen LogP contribution in [0.3, 0.4) is 0 Å². The Labute approximate surface area is 93.3 Å². The number of ether oxygens (including phenoxy) is 1. The molecule has 1 rings (SSSR count). The molecule has 0 aliphatic carbocycles. The Morgan fingerprint density at radius 3 is 2.93 bits per heavy atom. The van der Waals surface area contributed by atoms with Crippen LogP contribution in [0.2, 0.25) is 5.02 Å². The summed E-state index contributed by atoms with van der Waals surface area (Å²) in [7, 11) is 0. The van der Waals surface area contributed by atoms with Crippen molar-refractivity contribution in [2.75, 3.05) is 13.2 Å². The van der Waals surface area contributed by atoms with Crippen LogP contribution in [0.4, 0.5) is 4.39 Å². The van der Waals surface area contributed by atoms with Crippen molar-refractivity contribution in [3.63, 3.8) is 0 Å². The largest absolute Gasteiger partial charge is 0.380 e. The molecule has 3 nitrogen and oxygen atoms in total. The van der Waals surface area contributed by atoms with Gasteiger partial charge in [-0.25, -0.2) is 4.39 Å². The molecule has 1 aromatic carbocycles. The molecule has 0 aromatic heterocycles. The smallest absolute Gasteiger partial charge is 0.146 e. The Kier molecular flexibility index (Phi) is 4.98. The standard InChI is InChI=1S/C10H14ClFN2O/c1-2-15-6-9(14-13)7-4-3-5-8(11)10(7)12/h3-5,9,14H,2,6,13H2,1H3. The van der Waals surface area contributed by atoms with Gasteiger partial charge in [-0.2, -0.15) is 0 Å². The van der Waals surface area contributed by atoms with Gasteiger partial charge in [-0.15, -0.1) is 0 Å². The van der Waals surface area contributed by atoms with Crippen LogP contribution >= 0.6 is 11.6 Å². The van der Waals surface area contributed by atoms with E-state index in [-0.39, 0.29) is 11.1 Å². The van der Waals surface area contributed by atoms with Gasteiger partial charge in [-0.1, -0.05) is 23.7 Å². The zero-order valence-electron chi connectivity index (χ0n) is 8.47. The summed E-state index contributed by atoms with van der Waals surface area (Å²) < 4.78 is 18.8. The van der Waals surface area contributed by atoms with E-state index in [0.29, 0.717) is 18.8 Å². The van der Waals surface area contributed by atoms with Crippen LogP contribution in [0, 0.1) is 5.82 Å². The summed E-state index contributed by atoms with van der Waals surface area (Å²) in [6.45, 7) is 2.73. The van der Waals surface area contributed by atoms with E-state index in [1.54, 1.807) is 12.1 Å². The number of nitrogens with one attached hydrogen (secondary N) is 1. The van der Waals surface area contributed by atoms with Crippen molar-refractivity contribution in [1.29, 1.82) is 0 Å². The van der Waals surface area contributed by atoms with E-state index in [2.05, 4.69) is 5.43 Å². The fourth-order valence-electron chi connectivity index (χ4n) is 1.25. The minimum atomic E-state index is -0.457. The van der Waals surface area contributed by atoms with Gasteiger partial charge in [0.15, 0.2) is 0 Å². The van der Waals surface area contributed by atoms with Gasteiger partial charge < -0.3 is 4.74 Å². The summed E-state index contributed by atoms with van der Waals surface area (Å²) in [6, 6.07) is 4.42. The van der Waals surface area contributed by atoms with Gasteiger partial charge in [0.2, 0.25) is 0 Å². The number of halogens is 2. The van der Waals surface area contributed by atoms with E-state index in [0.717, 1.165) is 0 Å². The average Bonchev–Trinajstić information content (AvgIpc) is 2.25. The van der Waals surface area contributed by atoms with E-state index in [1.807, 2.05) is 6.92 Å². The molecule has 15 heavy (non-hydrogen) atoms. The molecule has 0 amide bonds. The highest BCUT2D eigenvalue weighted by atomic mass is 35.5. The number of hydrogen-bond acceptors (Lipinski definition) is 3. The summed E-state index contributed by atoms with van der Waals surface area (Å²) in [4.78, 5) is 0. The highest BCUT2D eigenvalue weighted by Gasteiger charge is 2.15. The maximum Gasteiger partial charge on any atom is 0.146 e. The fraction of sp³-hybridized carbons (Fsp3) is 0.400. The summed E-state index contributed by atoms with van der Waals surface area (Å²) >= 11 is 5.66. The summed E-state index contributed by atoms with van der Waals surface area (Å²) in [5.41, 5.74) is 2.91. The third-order valence-corrected chi connectivity index (χ3v) is 2.34. The third kappa shape index (κ3) is 3.14. The molecule has 0 aliphatic heterocycles. The normalized spacial score (nSPS) is 12.8. The second-order valence-electron chi connectivity index (χ2n) is 3.02. The molecule has 0 bridgehead atoms. The molecule has 84 valence electrons.